The van der Waals surface area contributed by atoms with Crippen LogP contribution in [-0.4, -0.2) is 46.4 Å². The quantitative estimate of drug-likeness (QED) is 0.524. The molecule has 0 radical (unpaired) electrons. The monoisotopic (exact) mass is 235 g/mol. The molecule has 0 spiro atoms. The predicted octanol–water partition coefficient (Wildman–Crippen LogP) is 0.442. The third-order valence-electron chi connectivity index (χ3n) is 2.27. The molecule has 0 aliphatic carbocycles. The SMILES string of the molecule is O=C(CCl)COC1CS[C@@H]2CC(=O)N12. The summed E-state index contributed by atoms with van der Waals surface area (Å²) in [5.74, 6) is 0.694. The lowest BCUT2D eigenvalue weighted by Crippen LogP contribution is -2.52. The van der Waals surface area contributed by atoms with E-state index in [0.29, 0.717) is 6.42 Å². The summed E-state index contributed by atoms with van der Waals surface area (Å²) in [5.41, 5.74) is 0. The lowest BCUT2D eigenvalue weighted by Gasteiger charge is -2.36. The summed E-state index contributed by atoms with van der Waals surface area (Å²) < 4.78 is 5.31. The van der Waals surface area contributed by atoms with Crippen LogP contribution >= 0.6 is 23.4 Å². The molecule has 1 amide bonds. The number of fused-ring (bicyclic) bond motifs is 1. The van der Waals surface area contributed by atoms with Gasteiger partial charge in [0.2, 0.25) is 5.91 Å². The Kier molecular flexibility index (Phi) is 2.99. The van der Waals surface area contributed by atoms with E-state index in [1.807, 2.05) is 0 Å². The molecule has 0 saturated carbocycles. The average Bonchev–Trinajstić information content (AvgIpc) is 2.50. The van der Waals surface area contributed by atoms with Crippen molar-refractivity contribution in [3.05, 3.63) is 0 Å². The van der Waals surface area contributed by atoms with Crippen molar-refractivity contribution < 1.29 is 14.3 Å². The van der Waals surface area contributed by atoms with Crippen LogP contribution in [0.5, 0.6) is 0 Å². The second kappa shape index (κ2) is 4.08. The van der Waals surface area contributed by atoms with E-state index >= 15 is 0 Å². The molecule has 2 heterocycles. The van der Waals surface area contributed by atoms with Crippen LogP contribution in [-0.2, 0) is 14.3 Å². The Balaban J connectivity index is 1.81. The number of carbonyl (C=O) groups is 2. The molecule has 2 atom stereocenters. The van der Waals surface area contributed by atoms with Gasteiger partial charge in [0, 0.05) is 5.75 Å². The summed E-state index contributed by atoms with van der Waals surface area (Å²) in [7, 11) is 0. The summed E-state index contributed by atoms with van der Waals surface area (Å²) in [6.45, 7) is 0.00519. The van der Waals surface area contributed by atoms with Crippen LogP contribution in [0.25, 0.3) is 0 Å². The Morgan fingerprint density at radius 3 is 3.14 bits per heavy atom. The van der Waals surface area contributed by atoms with Crippen LogP contribution in [0.4, 0.5) is 0 Å². The molecule has 2 aliphatic heterocycles. The Labute approximate surface area is 90.9 Å². The van der Waals surface area contributed by atoms with Crippen molar-refractivity contribution in [2.24, 2.45) is 0 Å². The second-order valence-corrected chi connectivity index (χ2v) is 4.71. The number of alkyl halides is 1. The summed E-state index contributed by atoms with van der Waals surface area (Å²) in [5, 5.41) is 0.276. The molecule has 1 unspecified atom stereocenters. The van der Waals surface area contributed by atoms with Crippen LogP contribution in [0.1, 0.15) is 6.42 Å². The van der Waals surface area contributed by atoms with Gasteiger partial charge < -0.3 is 9.64 Å². The minimum absolute atomic E-state index is 0.00519. The number of nitrogens with zero attached hydrogens (tertiary/aromatic N) is 1. The number of β-lactam (4-membered cyclic amide) rings is 1. The van der Waals surface area contributed by atoms with Gasteiger partial charge in [0.05, 0.1) is 17.7 Å². The lowest BCUT2D eigenvalue weighted by molar-refractivity contribution is -0.159. The van der Waals surface area contributed by atoms with E-state index in [0.717, 1.165) is 5.75 Å². The van der Waals surface area contributed by atoms with Gasteiger partial charge in [-0.05, 0) is 0 Å². The Hall–Kier alpha value is -0.260. The van der Waals surface area contributed by atoms with E-state index in [1.165, 1.54) is 0 Å². The zero-order valence-corrected chi connectivity index (χ0v) is 9.01. The van der Waals surface area contributed by atoms with Crippen molar-refractivity contribution in [1.29, 1.82) is 0 Å². The fourth-order valence-electron chi connectivity index (χ4n) is 1.52. The van der Waals surface area contributed by atoms with Gasteiger partial charge in [0.15, 0.2) is 5.78 Å². The molecule has 2 aliphatic rings. The molecular weight excluding hydrogens is 226 g/mol. The third kappa shape index (κ3) is 1.76. The Morgan fingerprint density at radius 1 is 1.71 bits per heavy atom. The topological polar surface area (TPSA) is 46.6 Å². The first-order chi connectivity index (χ1) is 6.72. The Morgan fingerprint density at radius 2 is 2.50 bits per heavy atom. The number of hydrogen-bond acceptors (Lipinski definition) is 4. The van der Waals surface area contributed by atoms with Crippen molar-refractivity contribution in [3.63, 3.8) is 0 Å². The molecule has 0 aromatic carbocycles. The normalized spacial score (nSPS) is 30.1. The molecule has 78 valence electrons. The molecule has 4 nitrogen and oxygen atoms in total. The van der Waals surface area contributed by atoms with Gasteiger partial charge in [-0.25, -0.2) is 0 Å². The number of thioether (sulfide) groups is 1. The maximum atomic E-state index is 11.2. The maximum absolute atomic E-state index is 11.2. The highest BCUT2D eigenvalue weighted by Crippen LogP contribution is 2.39. The molecular formula is C8H10ClNO3S. The number of ether oxygens (including phenoxy) is 1. The molecule has 14 heavy (non-hydrogen) atoms. The first-order valence-electron chi connectivity index (χ1n) is 4.34. The molecule has 6 heteroatoms. The van der Waals surface area contributed by atoms with Gasteiger partial charge in [0.25, 0.3) is 0 Å². The van der Waals surface area contributed by atoms with Crippen LogP contribution < -0.4 is 0 Å². The minimum Gasteiger partial charge on any atom is -0.350 e. The van der Waals surface area contributed by atoms with Gasteiger partial charge in [0.1, 0.15) is 12.8 Å². The number of Topliss-reactive ketones (excluding diaryl/α,β-unsaturated/α-hetero) is 1. The number of rotatable bonds is 4. The van der Waals surface area contributed by atoms with E-state index in [4.69, 9.17) is 16.3 Å². The second-order valence-electron chi connectivity index (χ2n) is 3.23. The first-order valence-corrected chi connectivity index (χ1v) is 5.92. The van der Waals surface area contributed by atoms with Gasteiger partial charge in [-0.3, -0.25) is 9.59 Å². The van der Waals surface area contributed by atoms with Crippen LogP contribution in [0.3, 0.4) is 0 Å². The predicted molar refractivity (Wildman–Crippen MR) is 53.2 cm³/mol. The molecule has 0 N–H and O–H groups in total. The van der Waals surface area contributed by atoms with E-state index in [-0.39, 0.29) is 35.8 Å². The number of hydrogen-bond donors (Lipinski definition) is 0. The number of halogens is 1. The zero-order valence-electron chi connectivity index (χ0n) is 7.44. The largest absolute Gasteiger partial charge is 0.350 e. The minimum atomic E-state index is -0.224. The van der Waals surface area contributed by atoms with Crippen LogP contribution in [0.15, 0.2) is 0 Å². The van der Waals surface area contributed by atoms with Gasteiger partial charge >= 0.3 is 0 Å². The molecule has 0 aromatic heterocycles. The van der Waals surface area contributed by atoms with E-state index in [2.05, 4.69) is 0 Å². The fourth-order valence-corrected chi connectivity index (χ4v) is 2.91. The highest BCUT2D eigenvalue weighted by atomic mass is 35.5. The summed E-state index contributed by atoms with van der Waals surface area (Å²) >= 11 is 7.03. The lowest BCUT2D eigenvalue weighted by atomic mass is 10.2. The smallest absolute Gasteiger partial charge is 0.228 e. The standard InChI is InChI=1S/C8H10ClNO3S/c9-2-5(11)3-13-7-4-14-8-1-6(12)10(7)8/h7-8H,1-4H2/t7?,8-/m1/s1. The zero-order chi connectivity index (χ0) is 10.1. The Bertz CT molecular complexity index is 273. The van der Waals surface area contributed by atoms with Gasteiger partial charge in [-0.1, -0.05) is 0 Å². The molecule has 0 bridgehead atoms. The number of ketones is 1. The number of amides is 1. The summed E-state index contributed by atoms with van der Waals surface area (Å²) in [6.07, 6.45) is 0.381. The maximum Gasteiger partial charge on any atom is 0.228 e. The van der Waals surface area contributed by atoms with E-state index in [1.54, 1.807) is 16.7 Å². The summed E-state index contributed by atoms with van der Waals surface area (Å²) in [6, 6.07) is 0. The van der Waals surface area contributed by atoms with E-state index < -0.39 is 0 Å². The van der Waals surface area contributed by atoms with Crippen molar-refractivity contribution in [2.75, 3.05) is 18.2 Å². The average molecular weight is 236 g/mol. The molecule has 2 fully saturated rings. The highest BCUT2D eigenvalue weighted by molar-refractivity contribution is 8.00. The first kappa shape index (κ1) is 10.3. The van der Waals surface area contributed by atoms with Crippen LogP contribution in [0.2, 0.25) is 0 Å². The van der Waals surface area contributed by atoms with Crippen molar-refractivity contribution >= 4 is 35.1 Å². The van der Waals surface area contributed by atoms with Crippen molar-refractivity contribution in [3.8, 4) is 0 Å². The molecule has 0 aromatic rings. The van der Waals surface area contributed by atoms with Crippen molar-refractivity contribution in [1.82, 2.24) is 4.90 Å². The van der Waals surface area contributed by atoms with Crippen LogP contribution in [0, 0.1) is 0 Å². The molecule has 2 saturated heterocycles. The van der Waals surface area contributed by atoms with Gasteiger partial charge in [-0.15, -0.1) is 23.4 Å². The number of carbonyl (C=O) groups excluding carboxylic acids is 2. The van der Waals surface area contributed by atoms with Crippen molar-refractivity contribution in [2.45, 2.75) is 18.0 Å². The fraction of sp³-hybridized carbons (Fsp3) is 0.750. The van der Waals surface area contributed by atoms with Gasteiger partial charge in [-0.2, -0.15) is 0 Å². The summed E-state index contributed by atoms with van der Waals surface area (Å²) in [4.78, 5) is 23.7. The van der Waals surface area contributed by atoms with E-state index in [9.17, 15) is 9.59 Å². The highest BCUT2D eigenvalue weighted by Gasteiger charge is 2.47. The molecule has 2 rings (SSSR count). The third-order valence-corrected chi connectivity index (χ3v) is 3.83.